The van der Waals surface area contributed by atoms with Crippen LogP contribution in [0.3, 0.4) is 0 Å². The van der Waals surface area contributed by atoms with E-state index in [1.807, 2.05) is 0 Å². The van der Waals surface area contributed by atoms with Crippen molar-refractivity contribution in [3.63, 3.8) is 0 Å². The lowest BCUT2D eigenvalue weighted by molar-refractivity contribution is 0.232. The van der Waals surface area contributed by atoms with E-state index in [0.717, 1.165) is 11.8 Å². The van der Waals surface area contributed by atoms with Crippen LogP contribution in [0.4, 0.5) is 0 Å². The van der Waals surface area contributed by atoms with Gasteiger partial charge < -0.3 is 0 Å². The molecule has 0 radical (unpaired) electrons. The average molecular weight is 278 g/mol. The van der Waals surface area contributed by atoms with Gasteiger partial charge in [-0.15, -0.1) is 0 Å². The Balaban J connectivity index is 1.64. The second kappa shape index (κ2) is 6.93. The molecule has 0 saturated heterocycles. The van der Waals surface area contributed by atoms with E-state index >= 15 is 0 Å². The molecule has 1 aliphatic rings. The van der Waals surface area contributed by atoms with Gasteiger partial charge in [-0.2, -0.15) is 0 Å². The molecule has 0 amide bonds. The lowest BCUT2D eigenvalue weighted by atomic mass is 9.68. The molecule has 3 rings (SSSR count). The Labute approximate surface area is 129 Å². The zero-order valence-corrected chi connectivity index (χ0v) is 13.1. The number of hydrogen-bond donors (Lipinski definition) is 0. The fourth-order valence-corrected chi connectivity index (χ4v) is 3.56. The molecular formula is C21H26. The minimum atomic E-state index is 0.826. The second-order valence-electron chi connectivity index (χ2n) is 6.43. The molecule has 0 heterocycles. The molecule has 0 unspecified atom stereocenters. The highest BCUT2D eigenvalue weighted by Gasteiger charge is 2.31. The van der Waals surface area contributed by atoms with Gasteiger partial charge in [-0.1, -0.05) is 80.8 Å². The standard InChI is InChI=1S/C21H26/c1-2-3-5-10-19-15-16-21(19)20-13-11-18(12-14-20)17-8-6-4-7-9-17/h4,6-9,11-14,19,21H,2-3,5,10,15-16H2,1H3/t19-,21+/m0/s1. The molecule has 1 fully saturated rings. The summed E-state index contributed by atoms with van der Waals surface area (Å²) in [6.07, 6.45) is 8.41. The minimum Gasteiger partial charge on any atom is -0.0654 e. The predicted octanol–water partition coefficient (Wildman–Crippen LogP) is 6.43. The molecule has 0 spiro atoms. The smallest absolute Gasteiger partial charge is 0.0133 e. The molecule has 0 N–H and O–H groups in total. The van der Waals surface area contributed by atoms with E-state index in [1.54, 1.807) is 5.56 Å². The molecule has 1 saturated carbocycles. The van der Waals surface area contributed by atoms with E-state index in [9.17, 15) is 0 Å². The highest BCUT2D eigenvalue weighted by atomic mass is 14.4. The Bertz CT molecular complexity index is 538. The van der Waals surface area contributed by atoms with Crippen molar-refractivity contribution in [2.24, 2.45) is 5.92 Å². The zero-order chi connectivity index (χ0) is 14.5. The molecule has 110 valence electrons. The number of unbranched alkanes of at least 4 members (excludes halogenated alkanes) is 2. The van der Waals surface area contributed by atoms with Crippen molar-refractivity contribution in [3.05, 3.63) is 60.2 Å². The third-order valence-corrected chi connectivity index (χ3v) is 5.04. The largest absolute Gasteiger partial charge is 0.0654 e. The highest BCUT2D eigenvalue weighted by molar-refractivity contribution is 5.63. The van der Waals surface area contributed by atoms with Crippen LogP contribution in [0.15, 0.2) is 54.6 Å². The van der Waals surface area contributed by atoms with E-state index in [-0.39, 0.29) is 0 Å². The molecule has 2 aromatic carbocycles. The molecular weight excluding hydrogens is 252 g/mol. The van der Waals surface area contributed by atoms with Crippen molar-refractivity contribution in [1.29, 1.82) is 0 Å². The summed E-state index contributed by atoms with van der Waals surface area (Å²) in [7, 11) is 0. The Hall–Kier alpha value is -1.56. The van der Waals surface area contributed by atoms with Crippen molar-refractivity contribution in [3.8, 4) is 11.1 Å². The van der Waals surface area contributed by atoms with Gasteiger partial charge in [0.1, 0.15) is 0 Å². The van der Waals surface area contributed by atoms with Crippen LogP contribution in [0.1, 0.15) is 56.9 Å². The van der Waals surface area contributed by atoms with Crippen LogP contribution < -0.4 is 0 Å². The molecule has 21 heavy (non-hydrogen) atoms. The fraction of sp³-hybridized carbons (Fsp3) is 0.429. The molecule has 0 heteroatoms. The summed E-state index contributed by atoms with van der Waals surface area (Å²) in [5, 5.41) is 0. The van der Waals surface area contributed by atoms with Crippen molar-refractivity contribution in [2.45, 2.75) is 51.4 Å². The molecule has 2 aromatic rings. The molecule has 0 aliphatic heterocycles. The van der Waals surface area contributed by atoms with E-state index in [2.05, 4.69) is 61.5 Å². The third-order valence-electron chi connectivity index (χ3n) is 5.04. The van der Waals surface area contributed by atoms with Gasteiger partial charge in [0.15, 0.2) is 0 Å². The van der Waals surface area contributed by atoms with Crippen molar-refractivity contribution >= 4 is 0 Å². The quantitative estimate of drug-likeness (QED) is 0.534. The summed E-state index contributed by atoms with van der Waals surface area (Å²) < 4.78 is 0. The lowest BCUT2D eigenvalue weighted by Crippen LogP contribution is -2.23. The first kappa shape index (κ1) is 14.4. The molecule has 0 nitrogen and oxygen atoms in total. The second-order valence-corrected chi connectivity index (χ2v) is 6.43. The minimum absolute atomic E-state index is 0.826. The van der Waals surface area contributed by atoms with Crippen molar-refractivity contribution in [2.75, 3.05) is 0 Å². The van der Waals surface area contributed by atoms with Crippen molar-refractivity contribution in [1.82, 2.24) is 0 Å². The van der Waals surface area contributed by atoms with Gasteiger partial charge in [0, 0.05) is 0 Å². The summed E-state index contributed by atoms with van der Waals surface area (Å²) in [6, 6.07) is 20.0. The summed E-state index contributed by atoms with van der Waals surface area (Å²) >= 11 is 0. The number of rotatable bonds is 6. The van der Waals surface area contributed by atoms with Gasteiger partial charge in [-0.3, -0.25) is 0 Å². The normalized spacial score (nSPS) is 21.0. The fourth-order valence-electron chi connectivity index (χ4n) is 3.56. The third kappa shape index (κ3) is 3.37. The summed E-state index contributed by atoms with van der Waals surface area (Å²) in [6.45, 7) is 2.29. The van der Waals surface area contributed by atoms with Crippen LogP contribution >= 0.6 is 0 Å². The Kier molecular flexibility index (Phi) is 4.75. The van der Waals surface area contributed by atoms with Gasteiger partial charge in [0.2, 0.25) is 0 Å². The van der Waals surface area contributed by atoms with Crippen LogP contribution in [-0.4, -0.2) is 0 Å². The van der Waals surface area contributed by atoms with Crippen LogP contribution in [-0.2, 0) is 0 Å². The molecule has 1 aliphatic carbocycles. The van der Waals surface area contributed by atoms with E-state index in [4.69, 9.17) is 0 Å². The first-order valence-corrected chi connectivity index (χ1v) is 8.54. The molecule has 0 bridgehead atoms. The van der Waals surface area contributed by atoms with Crippen LogP contribution in [0.5, 0.6) is 0 Å². The van der Waals surface area contributed by atoms with Gasteiger partial charge >= 0.3 is 0 Å². The lowest BCUT2D eigenvalue weighted by Gasteiger charge is -2.37. The Morgan fingerprint density at radius 3 is 2.14 bits per heavy atom. The topological polar surface area (TPSA) is 0 Å². The maximum Gasteiger partial charge on any atom is -0.0133 e. The average Bonchev–Trinajstić information content (AvgIpc) is 2.52. The van der Waals surface area contributed by atoms with Gasteiger partial charge in [0.05, 0.1) is 0 Å². The van der Waals surface area contributed by atoms with Crippen molar-refractivity contribution < 1.29 is 0 Å². The van der Waals surface area contributed by atoms with Gasteiger partial charge in [-0.05, 0) is 47.8 Å². The molecule has 0 aromatic heterocycles. The monoisotopic (exact) mass is 278 g/mol. The van der Waals surface area contributed by atoms with E-state index in [0.29, 0.717) is 0 Å². The highest BCUT2D eigenvalue weighted by Crippen LogP contribution is 2.45. The summed E-state index contributed by atoms with van der Waals surface area (Å²) in [5.74, 6) is 1.77. The first-order valence-electron chi connectivity index (χ1n) is 8.54. The van der Waals surface area contributed by atoms with Gasteiger partial charge in [0.25, 0.3) is 0 Å². The SMILES string of the molecule is CCCCC[C@H]1CC[C@H]1c1ccc(-c2ccccc2)cc1. The van der Waals surface area contributed by atoms with Gasteiger partial charge in [-0.25, -0.2) is 0 Å². The first-order chi connectivity index (χ1) is 10.4. The van der Waals surface area contributed by atoms with Crippen LogP contribution in [0.2, 0.25) is 0 Å². The van der Waals surface area contributed by atoms with E-state index < -0.39 is 0 Å². The number of hydrogen-bond acceptors (Lipinski definition) is 0. The maximum atomic E-state index is 2.36. The molecule has 2 atom stereocenters. The summed E-state index contributed by atoms with van der Waals surface area (Å²) in [5.41, 5.74) is 4.21. The van der Waals surface area contributed by atoms with Crippen LogP contribution in [0, 0.1) is 5.92 Å². The number of benzene rings is 2. The maximum absolute atomic E-state index is 2.36. The summed E-state index contributed by atoms with van der Waals surface area (Å²) in [4.78, 5) is 0. The van der Waals surface area contributed by atoms with Crippen LogP contribution in [0.25, 0.3) is 11.1 Å². The Morgan fingerprint density at radius 1 is 0.810 bits per heavy atom. The predicted molar refractivity (Wildman–Crippen MR) is 91.5 cm³/mol. The zero-order valence-electron chi connectivity index (χ0n) is 13.1. The van der Waals surface area contributed by atoms with E-state index in [1.165, 1.54) is 49.7 Å². The Morgan fingerprint density at radius 2 is 1.52 bits per heavy atom.